The van der Waals surface area contributed by atoms with E-state index in [9.17, 15) is 13.2 Å². The maximum Gasteiger partial charge on any atom is 0.573 e. The molecule has 0 aliphatic rings. The number of anilines is 2. The minimum absolute atomic E-state index is 0.0546. The minimum Gasteiger partial charge on any atom is -0.406 e. The van der Waals surface area contributed by atoms with Crippen LogP contribution in [0, 0.1) is 10.8 Å². The Morgan fingerprint density at radius 2 is 1.89 bits per heavy atom. The van der Waals surface area contributed by atoms with Crippen molar-refractivity contribution in [1.29, 1.82) is 10.8 Å². The van der Waals surface area contributed by atoms with Crippen LogP contribution in [-0.4, -0.2) is 29.8 Å². The van der Waals surface area contributed by atoms with Gasteiger partial charge in [-0.25, -0.2) is 4.98 Å². The standard InChI is InChI=1S/C17H17F3N6O/c18-17(19,20)27-11-3-1-10(2-4-11)26-16-15(14(24)9-22)12(6-8-25-16)13(23)5-7-21/h1-8,21,24H,9,22-23H2,(H,25,26). The summed E-state index contributed by atoms with van der Waals surface area (Å²) in [4.78, 5) is 4.17. The Bertz CT molecular complexity index is 862. The molecule has 0 spiro atoms. The van der Waals surface area contributed by atoms with Gasteiger partial charge in [0.1, 0.15) is 11.6 Å². The third-order valence-corrected chi connectivity index (χ3v) is 3.38. The number of benzene rings is 1. The molecule has 0 radical (unpaired) electrons. The second kappa shape index (κ2) is 8.32. The Morgan fingerprint density at radius 1 is 1.22 bits per heavy atom. The summed E-state index contributed by atoms with van der Waals surface area (Å²) in [6.07, 6.45) is -0.947. The summed E-state index contributed by atoms with van der Waals surface area (Å²) in [6, 6.07) is 6.64. The van der Waals surface area contributed by atoms with Gasteiger partial charge in [-0.2, -0.15) is 0 Å². The number of pyridine rings is 1. The third kappa shape index (κ3) is 5.28. The Labute approximate surface area is 152 Å². The topological polar surface area (TPSA) is 134 Å². The lowest BCUT2D eigenvalue weighted by atomic mass is 10.0. The van der Waals surface area contributed by atoms with Gasteiger partial charge in [-0.1, -0.05) is 0 Å². The van der Waals surface area contributed by atoms with Gasteiger partial charge < -0.3 is 32.3 Å². The maximum absolute atomic E-state index is 12.2. The van der Waals surface area contributed by atoms with E-state index in [0.717, 1.165) is 18.3 Å². The molecule has 2 rings (SSSR count). The summed E-state index contributed by atoms with van der Waals surface area (Å²) in [7, 11) is 0. The molecule has 2 aromatic rings. The molecule has 0 fully saturated rings. The molecule has 0 unspecified atom stereocenters. The van der Waals surface area contributed by atoms with Crippen molar-refractivity contribution in [2.45, 2.75) is 6.36 Å². The zero-order chi connectivity index (χ0) is 20.0. The molecule has 27 heavy (non-hydrogen) atoms. The highest BCUT2D eigenvalue weighted by molar-refractivity contribution is 6.08. The van der Waals surface area contributed by atoms with E-state index in [1.165, 1.54) is 24.4 Å². The number of nitrogens with one attached hydrogen (secondary N) is 3. The number of allylic oxidation sites excluding steroid dienone is 1. The molecular formula is C17H17F3N6O. The van der Waals surface area contributed by atoms with Crippen molar-refractivity contribution >= 4 is 29.1 Å². The van der Waals surface area contributed by atoms with Gasteiger partial charge in [-0.3, -0.25) is 0 Å². The summed E-state index contributed by atoms with van der Waals surface area (Å²) >= 11 is 0. The van der Waals surface area contributed by atoms with Crippen molar-refractivity contribution in [2.24, 2.45) is 11.5 Å². The Balaban J connectivity index is 2.38. The first-order valence-corrected chi connectivity index (χ1v) is 7.61. The van der Waals surface area contributed by atoms with Crippen LogP contribution in [0.3, 0.4) is 0 Å². The molecule has 0 saturated carbocycles. The van der Waals surface area contributed by atoms with Crippen molar-refractivity contribution in [2.75, 3.05) is 11.9 Å². The lowest BCUT2D eigenvalue weighted by Gasteiger charge is -2.16. The van der Waals surface area contributed by atoms with Gasteiger partial charge in [-0.05, 0) is 36.4 Å². The van der Waals surface area contributed by atoms with Crippen LogP contribution in [0.5, 0.6) is 5.75 Å². The molecular weight excluding hydrogens is 361 g/mol. The SMILES string of the molecule is N=CC=C(N)c1ccnc(Nc2ccc(OC(F)(F)F)cc2)c1C(=N)CN. The van der Waals surface area contributed by atoms with E-state index in [1.807, 2.05) is 0 Å². The van der Waals surface area contributed by atoms with Crippen LogP contribution < -0.4 is 21.5 Å². The predicted molar refractivity (Wildman–Crippen MR) is 97.5 cm³/mol. The fraction of sp³-hybridized carbons (Fsp3) is 0.118. The quantitative estimate of drug-likeness (QED) is 0.472. The normalized spacial score (nSPS) is 11.8. The number of aromatic nitrogens is 1. The van der Waals surface area contributed by atoms with E-state index in [1.54, 1.807) is 6.07 Å². The number of hydrogen-bond donors (Lipinski definition) is 5. The van der Waals surface area contributed by atoms with Gasteiger partial charge >= 0.3 is 6.36 Å². The van der Waals surface area contributed by atoms with E-state index >= 15 is 0 Å². The van der Waals surface area contributed by atoms with Crippen molar-refractivity contribution < 1.29 is 17.9 Å². The first-order valence-electron chi connectivity index (χ1n) is 7.61. The van der Waals surface area contributed by atoms with Crippen LogP contribution in [0.15, 0.2) is 42.6 Å². The second-order valence-corrected chi connectivity index (χ2v) is 5.25. The van der Waals surface area contributed by atoms with Crippen LogP contribution in [0.2, 0.25) is 0 Å². The smallest absolute Gasteiger partial charge is 0.406 e. The molecule has 7 nitrogen and oxygen atoms in total. The highest BCUT2D eigenvalue weighted by Gasteiger charge is 2.31. The van der Waals surface area contributed by atoms with E-state index < -0.39 is 6.36 Å². The monoisotopic (exact) mass is 378 g/mol. The maximum atomic E-state index is 12.2. The highest BCUT2D eigenvalue weighted by Crippen LogP contribution is 2.28. The van der Waals surface area contributed by atoms with Crippen LogP contribution in [0.1, 0.15) is 11.1 Å². The van der Waals surface area contributed by atoms with Gasteiger partial charge in [0.2, 0.25) is 0 Å². The summed E-state index contributed by atoms with van der Waals surface area (Å²) in [5.74, 6) is -0.100. The molecule has 0 saturated heterocycles. The highest BCUT2D eigenvalue weighted by atomic mass is 19.4. The molecule has 7 N–H and O–H groups in total. The zero-order valence-corrected chi connectivity index (χ0v) is 14.0. The zero-order valence-electron chi connectivity index (χ0n) is 14.0. The van der Waals surface area contributed by atoms with Crippen molar-refractivity contribution in [3.63, 3.8) is 0 Å². The molecule has 142 valence electrons. The number of rotatable bonds is 7. The average Bonchev–Trinajstić information content (AvgIpc) is 2.61. The summed E-state index contributed by atoms with van der Waals surface area (Å²) in [5, 5.41) is 18.2. The predicted octanol–water partition coefficient (Wildman–Crippen LogP) is 3.00. The fourth-order valence-corrected chi connectivity index (χ4v) is 2.26. The molecule has 0 aliphatic heterocycles. The molecule has 0 atom stereocenters. The fourth-order valence-electron chi connectivity index (χ4n) is 2.26. The van der Waals surface area contributed by atoms with Gasteiger partial charge in [-0.15, -0.1) is 13.2 Å². The number of alkyl halides is 3. The van der Waals surface area contributed by atoms with Crippen molar-refractivity contribution in [1.82, 2.24) is 4.98 Å². The number of nitrogens with zero attached hydrogens (tertiary/aromatic N) is 1. The van der Waals surface area contributed by atoms with E-state index in [0.29, 0.717) is 16.8 Å². The van der Waals surface area contributed by atoms with Gasteiger partial charge in [0.05, 0.1) is 5.71 Å². The van der Waals surface area contributed by atoms with Crippen molar-refractivity contribution in [3.05, 3.63) is 53.7 Å². The third-order valence-electron chi connectivity index (χ3n) is 3.38. The Hall–Kier alpha value is -3.40. The molecule has 0 amide bonds. The average molecular weight is 378 g/mol. The number of ether oxygens (including phenoxy) is 1. The van der Waals surface area contributed by atoms with Gasteiger partial charge in [0, 0.05) is 41.5 Å². The van der Waals surface area contributed by atoms with Gasteiger partial charge in [0.25, 0.3) is 0 Å². The van der Waals surface area contributed by atoms with Crippen molar-refractivity contribution in [3.8, 4) is 5.75 Å². The lowest BCUT2D eigenvalue weighted by molar-refractivity contribution is -0.274. The number of halogens is 3. The Kier molecular flexibility index (Phi) is 6.14. The summed E-state index contributed by atoms with van der Waals surface area (Å²) in [5.41, 5.74) is 13.0. The first kappa shape index (κ1) is 19.9. The summed E-state index contributed by atoms with van der Waals surface area (Å²) in [6.45, 7) is -0.0798. The van der Waals surface area contributed by atoms with E-state index in [-0.39, 0.29) is 29.5 Å². The van der Waals surface area contributed by atoms with Crippen LogP contribution >= 0.6 is 0 Å². The molecule has 10 heteroatoms. The molecule has 1 heterocycles. The number of nitrogens with two attached hydrogens (primary N) is 2. The van der Waals surface area contributed by atoms with E-state index in [4.69, 9.17) is 22.3 Å². The second-order valence-electron chi connectivity index (χ2n) is 5.25. The van der Waals surface area contributed by atoms with Gasteiger partial charge in [0.15, 0.2) is 0 Å². The summed E-state index contributed by atoms with van der Waals surface area (Å²) < 4.78 is 40.5. The van der Waals surface area contributed by atoms with Crippen LogP contribution in [0.25, 0.3) is 5.70 Å². The number of hydrogen-bond acceptors (Lipinski definition) is 7. The molecule has 1 aromatic heterocycles. The largest absolute Gasteiger partial charge is 0.573 e. The van der Waals surface area contributed by atoms with Crippen LogP contribution in [0.4, 0.5) is 24.7 Å². The Morgan fingerprint density at radius 3 is 2.44 bits per heavy atom. The molecule has 0 bridgehead atoms. The first-order chi connectivity index (χ1) is 12.7. The molecule has 0 aliphatic carbocycles. The minimum atomic E-state index is -4.77. The molecule has 1 aromatic carbocycles. The van der Waals surface area contributed by atoms with E-state index in [2.05, 4.69) is 15.0 Å². The lowest BCUT2D eigenvalue weighted by Crippen LogP contribution is -2.19. The van der Waals surface area contributed by atoms with Crippen LogP contribution in [-0.2, 0) is 0 Å².